The van der Waals surface area contributed by atoms with E-state index in [9.17, 15) is 10.1 Å². The first-order valence-electron chi connectivity index (χ1n) is 2.37. The normalized spacial score (nSPS) is 12.1. The van der Waals surface area contributed by atoms with E-state index in [1.165, 1.54) is 0 Å². The monoisotopic (exact) mass is 145 g/mol. The second kappa shape index (κ2) is 3.57. The molecule has 0 amide bonds. The van der Waals surface area contributed by atoms with Crippen LogP contribution in [0.2, 0.25) is 0 Å². The van der Waals surface area contributed by atoms with Crippen LogP contribution in [0, 0.1) is 15.5 Å². The van der Waals surface area contributed by atoms with E-state index in [0.717, 1.165) is 0 Å². The van der Waals surface area contributed by atoms with Crippen molar-refractivity contribution in [2.24, 2.45) is 5.73 Å². The molecule has 6 heteroatoms. The molecule has 0 saturated heterocycles. The third kappa shape index (κ3) is 1.82. The number of nitrogens with zero attached hydrogens (tertiary/aromatic N) is 1. The van der Waals surface area contributed by atoms with Crippen molar-refractivity contribution in [3.8, 4) is 0 Å². The summed E-state index contributed by atoms with van der Waals surface area (Å²) in [6, 6.07) is 0. The molecular formula is C4H7N3O3. The van der Waals surface area contributed by atoms with Crippen molar-refractivity contribution in [3.63, 3.8) is 0 Å². The van der Waals surface area contributed by atoms with E-state index in [-0.39, 0.29) is 5.57 Å². The van der Waals surface area contributed by atoms with Gasteiger partial charge in [0.25, 0.3) is 0 Å². The predicted octanol–water partition coefficient (Wildman–Crippen LogP) is -0.925. The van der Waals surface area contributed by atoms with Crippen molar-refractivity contribution in [2.75, 3.05) is 6.61 Å². The van der Waals surface area contributed by atoms with Crippen LogP contribution in [0.15, 0.2) is 11.4 Å². The molecule has 0 aromatic heterocycles. The fourth-order valence-corrected chi connectivity index (χ4v) is 0.318. The van der Waals surface area contributed by atoms with E-state index in [1.54, 1.807) is 0 Å². The molecule has 0 radical (unpaired) electrons. The zero-order valence-corrected chi connectivity index (χ0v) is 5.07. The van der Waals surface area contributed by atoms with Crippen molar-refractivity contribution < 1.29 is 10.0 Å². The van der Waals surface area contributed by atoms with Crippen LogP contribution in [-0.4, -0.2) is 22.9 Å². The molecule has 0 aliphatic heterocycles. The Labute approximate surface area is 56.6 Å². The van der Waals surface area contributed by atoms with E-state index >= 15 is 0 Å². The molecule has 56 valence electrons. The van der Waals surface area contributed by atoms with Crippen LogP contribution in [0.1, 0.15) is 0 Å². The summed E-state index contributed by atoms with van der Waals surface area (Å²) in [5.74, 6) is -0.683. The summed E-state index contributed by atoms with van der Waals surface area (Å²) < 4.78 is 0. The summed E-state index contributed by atoms with van der Waals surface area (Å²) in [5.41, 5.74) is 4.66. The molecule has 0 spiro atoms. The van der Waals surface area contributed by atoms with Gasteiger partial charge in [-0.2, -0.15) is 0 Å². The second-order valence-electron chi connectivity index (χ2n) is 1.47. The SMILES string of the molecule is N=C/C(CO)=C(\N)[N+](=O)[O-]. The summed E-state index contributed by atoms with van der Waals surface area (Å²) in [7, 11) is 0. The summed E-state index contributed by atoms with van der Waals surface area (Å²) >= 11 is 0. The van der Waals surface area contributed by atoms with Gasteiger partial charge in [-0.3, -0.25) is 5.73 Å². The standard InChI is InChI=1S/C4H7N3O3/c5-1-3(2-8)4(6)7(9)10/h1,5,8H,2,6H2/b4-3-,5-1?. The van der Waals surface area contributed by atoms with E-state index < -0.39 is 17.4 Å². The van der Waals surface area contributed by atoms with Gasteiger partial charge in [-0.25, -0.2) is 0 Å². The first kappa shape index (κ1) is 8.57. The number of nitrogens with one attached hydrogen (secondary N) is 1. The summed E-state index contributed by atoms with van der Waals surface area (Å²) in [5, 5.41) is 24.8. The molecule has 10 heavy (non-hydrogen) atoms. The van der Waals surface area contributed by atoms with Gasteiger partial charge in [0.2, 0.25) is 0 Å². The molecule has 0 atom stereocenters. The lowest BCUT2D eigenvalue weighted by Crippen LogP contribution is -2.14. The predicted molar refractivity (Wildman–Crippen MR) is 34.1 cm³/mol. The summed E-state index contributed by atoms with van der Waals surface area (Å²) in [4.78, 5) is 9.02. The topological polar surface area (TPSA) is 113 Å². The fourth-order valence-electron chi connectivity index (χ4n) is 0.318. The number of hydrogen-bond donors (Lipinski definition) is 3. The first-order valence-corrected chi connectivity index (χ1v) is 2.37. The minimum atomic E-state index is -0.851. The van der Waals surface area contributed by atoms with Gasteiger partial charge in [-0.05, 0) is 4.92 Å². The molecule has 0 saturated carbocycles. The molecule has 6 nitrogen and oxygen atoms in total. The van der Waals surface area contributed by atoms with Crippen LogP contribution in [0.5, 0.6) is 0 Å². The molecule has 0 fully saturated rings. The Morgan fingerprint density at radius 1 is 1.90 bits per heavy atom. The van der Waals surface area contributed by atoms with E-state index in [4.69, 9.17) is 16.2 Å². The van der Waals surface area contributed by atoms with Crippen LogP contribution < -0.4 is 5.73 Å². The van der Waals surface area contributed by atoms with Crippen molar-refractivity contribution in [3.05, 3.63) is 21.5 Å². The average Bonchev–Trinajstić information content (AvgIpc) is 1.90. The lowest BCUT2D eigenvalue weighted by Gasteiger charge is -1.96. The minimum Gasteiger partial charge on any atom is -0.391 e. The van der Waals surface area contributed by atoms with Gasteiger partial charge in [-0.1, -0.05) is 0 Å². The van der Waals surface area contributed by atoms with Crippen molar-refractivity contribution in [1.82, 2.24) is 0 Å². The maximum atomic E-state index is 9.87. The number of nitrogens with two attached hydrogens (primary N) is 1. The van der Waals surface area contributed by atoms with Gasteiger partial charge in [0.05, 0.1) is 12.2 Å². The molecule has 0 aromatic carbocycles. The maximum Gasteiger partial charge on any atom is 0.321 e. The Morgan fingerprint density at radius 2 is 2.40 bits per heavy atom. The Hall–Kier alpha value is -1.43. The van der Waals surface area contributed by atoms with Crippen LogP contribution in [0.4, 0.5) is 0 Å². The van der Waals surface area contributed by atoms with Crippen molar-refractivity contribution in [1.29, 1.82) is 5.41 Å². The smallest absolute Gasteiger partial charge is 0.321 e. The highest BCUT2D eigenvalue weighted by Crippen LogP contribution is 1.93. The Bertz CT molecular complexity index is 186. The van der Waals surface area contributed by atoms with Gasteiger partial charge in [0.15, 0.2) is 0 Å². The van der Waals surface area contributed by atoms with E-state index in [0.29, 0.717) is 6.21 Å². The zero-order valence-electron chi connectivity index (χ0n) is 5.07. The lowest BCUT2D eigenvalue weighted by molar-refractivity contribution is -0.427. The lowest BCUT2D eigenvalue weighted by atomic mass is 10.3. The molecule has 0 rings (SSSR count). The number of aliphatic hydroxyl groups excluding tert-OH is 1. The second-order valence-corrected chi connectivity index (χ2v) is 1.47. The molecule has 0 bridgehead atoms. The Kier molecular flexibility index (Phi) is 3.06. The van der Waals surface area contributed by atoms with Crippen LogP contribution in [0.3, 0.4) is 0 Å². The maximum absolute atomic E-state index is 9.87. The van der Waals surface area contributed by atoms with Crippen molar-refractivity contribution >= 4 is 6.21 Å². The molecule has 0 aliphatic carbocycles. The Morgan fingerprint density at radius 3 is 2.50 bits per heavy atom. The highest BCUT2D eigenvalue weighted by molar-refractivity contribution is 5.76. The summed E-state index contributed by atoms with van der Waals surface area (Å²) in [6.07, 6.45) is 0.651. The first-order chi connectivity index (χ1) is 4.63. The minimum absolute atomic E-state index is 0.190. The third-order valence-corrected chi connectivity index (χ3v) is 0.870. The van der Waals surface area contributed by atoms with Gasteiger partial charge < -0.3 is 20.6 Å². The fraction of sp³-hybridized carbons (Fsp3) is 0.250. The molecule has 0 aromatic rings. The van der Waals surface area contributed by atoms with Crippen LogP contribution >= 0.6 is 0 Å². The third-order valence-electron chi connectivity index (χ3n) is 0.870. The van der Waals surface area contributed by atoms with E-state index in [2.05, 4.69) is 0 Å². The molecular weight excluding hydrogens is 138 g/mol. The largest absolute Gasteiger partial charge is 0.391 e. The molecule has 0 unspecified atom stereocenters. The van der Waals surface area contributed by atoms with Gasteiger partial charge in [0, 0.05) is 6.21 Å². The van der Waals surface area contributed by atoms with Crippen molar-refractivity contribution in [2.45, 2.75) is 0 Å². The molecule has 4 N–H and O–H groups in total. The van der Waals surface area contributed by atoms with Crippen LogP contribution in [-0.2, 0) is 0 Å². The quantitative estimate of drug-likeness (QED) is 0.270. The van der Waals surface area contributed by atoms with Gasteiger partial charge >= 0.3 is 5.82 Å². The highest BCUT2D eigenvalue weighted by atomic mass is 16.6. The van der Waals surface area contributed by atoms with Crippen LogP contribution in [0.25, 0.3) is 0 Å². The van der Waals surface area contributed by atoms with Gasteiger partial charge in [-0.15, -0.1) is 0 Å². The number of aliphatic hydroxyl groups is 1. The Balaban J connectivity index is 4.59. The van der Waals surface area contributed by atoms with Gasteiger partial charge in [0.1, 0.15) is 0 Å². The average molecular weight is 145 g/mol. The number of rotatable bonds is 3. The van der Waals surface area contributed by atoms with E-state index in [1.807, 2.05) is 0 Å². The number of hydrogen-bond acceptors (Lipinski definition) is 5. The highest BCUT2D eigenvalue weighted by Gasteiger charge is 2.07. The molecule has 0 aliphatic rings. The summed E-state index contributed by atoms with van der Waals surface area (Å²) in [6.45, 7) is -0.587. The number of nitro groups is 1. The molecule has 0 heterocycles. The zero-order chi connectivity index (χ0) is 8.15.